The molecule has 0 radical (unpaired) electrons. The minimum absolute atomic E-state index is 0.0949. The van der Waals surface area contributed by atoms with E-state index >= 15 is 0 Å². The third-order valence-corrected chi connectivity index (χ3v) is 5.25. The molecule has 1 aromatic heterocycles. The van der Waals surface area contributed by atoms with E-state index in [1.165, 1.54) is 9.25 Å². The quantitative estimate of drug-likeness (QED) is 0.745. The van der Waals surface area contributed by atoms with E-state index in [0.29, 0.717) is 24.5 Å². The monoisotopic (exact) mass is 378 g/mol. The predicted octanol–water partition coefficient (Wildman–Crippen LogP) is 1.46. The van der Waals surface area contributed by atoms with Crippen LogP contribution in [0.15, 0.2) is 65.5 Å². The molecule has 2 heterocycles. The number of rotatable bonds is 4. The topological polar surface area (TPSA) is 80.4 Å². The molecule has 3 aromatic rings. The molecule has 1 atom stereocenters. The molecule has 1 aliphatic heterocycles. The Morgan fingerprint density at radius 1 is 1.11 bits per heavy atom. The van der Waals surface area contributed by atoms with Crippen LogP contribution in [-0.4, -0.2) is 43.4 Å². The van der Waals surface area contributed by atoms with E-state index in [0.717, 1.165) is 5.56 Å². The van der Waals surface area contributed by atoms with Crippen molar-refractivity contribution in [2.75, 3.05) is 13.1 Å². The van der Waals surface area contributed by atoms with E-state index in [9.17, 15) is 14.7 Å². The zero-order valence-corrected chi connectivity index (χ0v) is 15.7. The summed E-state index contributed by atoms with van der Waals surface area (Å²) in [5.74, 6) is 0.268. The predicted molar refractivity (Wildman–Crippen MR) is 104 cm³/mol. The van der Waals surface area contributed by atoms with Crippen molar-refractivity contribution in [1.29, 1.82) is 0 Å². The average molecular weight is 378 g/mol. The number of hydrogen-bond donors (Lipinski definition) is 1. The van der Waals surface area contributed by atoms with Gasteiger partial charge in [-0.3, -0.25) is 9.36 Å². The van der Waals surface area contributed by atoms with Gasteiger partial charge in [-0.25, -0.2) is 4.79 Å². The van der Waals surface area contributed by atoms with Gasteiger partial charge in [0.05, 0.1) is 12.2 Å². The van der Waals surface area contributed by atoms with Crippen molar-refractivity contribution in [1.82, 2.24) is 19.2 Å². The second-order valence-electron chi connectivity index (χ2n) is 7.13. The molecule has 0 bridgehead atoms. The largest absolute Gasteiger partial charge is 0.383 e. The molecule has 0 unspecified atom stereocenters. The van der Waals surface area contributed by atoms with Crippen LogP contribution in [0.2, 0.25) is 0 Å². The van der Waals surface area contributed by atoms with Crippen LogP contribution >= 0.6 is 0 Å². The molecule has 0 aliphatic carbocycles. The minimum Gasteiger partial charge on any atom is -0.383 e. The number of para-hydroxylation sites is 1. The summed E-state index contributed by atoms with van der Waals surface area (Å²) in [4.78, 5) is 27.1. The van der Waals surface area contributed by atoms with Gasteiger partial charge >= 0.3 is 5.69 Å². The van der Waals surface area contributed by atoms with Gasteiger partial charge in [0.1, 0.15) is 18.0 Å². The number of likely N-dealkylation sites (tertiary alicyclic amines) is 1. The fourth-order valence-electron chi connectivity index (χ4n) is 3.64. The molecule has 0 saturated carbocycles. The first-order valence-corrected chi connectivity index (χ1v) is 9.25. The van der Waals surface area contributed by atoms with Gasteiger partial charge < -0.3 is 10.0 Å². The van der Waals surface area contributed by atoms with Crippen molar-refractivity contribution in [2.45, 2.75) is 25.5 Å². The SMILES string of the molecule is Cc1nn(-c2ccccc2)c(=O)n1CC(=O)N1CC[C@](O)(c2ccccc2)C1. The maximum Gasteiger partial charge on any atom is 0.351 e. The molecule has 7 heteroatoms. The summed E-state index contributed by atoms with van der Waals surface area (Å²) in [6, 6.07) is 18.5. The number of carbonyl (C=O) groups excluding carboxylic acids is 1. The van der Waals surface area contributed by atoms with Gasteiger partial charge in [-0.15, -0.1) is 0 Å². The van der Waals surface area contributed by atoms with Crippen molar-refractivity contribution in [2.24, 2.45) is 0 Å². The van der Waals surface area contributed by atoms with E-state index in [1.807, 2.05) is 48.5 Å². The fraction of sp³-hybridized carbons (Fsp3) is 0.286. The summed E-state index contributed by atoms with van der Waals surface area (Å²) in [6.45, 7) is 2.28. The summed E-state index contributed by atoms with van der Waals surface area (Å²) < 4.78 is 2.67. The van der Waals surface area contributed by atoms with Gasteiger partial charge in [-0.1, -0.05) is 48.5 Å². The molecule has 0 spiro atoms. The molecule has 1 amide bonds. The Kier molecular flexibility index (Phi) is 4.60. The van der Waals surface area contributed by atoms with E-state index < -0.39 is 5.60 Å². The summed E-state index contributed by atoms with van der Waals surface area (Å²) in [7, 11) is 0. The Balaban J connectivity index is 1.52. The summed E-state index contributed by atoms with van der Waals surface area (Å²) >= 11 is 0. The number of benzene rings is 2. The number of aliphatic hydroxyl groups is 1. The second-order valence-corrected chi connectivity index (χ2v) is 7.13. The maximum absolute atomic E-state index is 12.8. The number of nitrogens with zero attached hydrogens (tertiary/aromatic N) is 4. The third kappa shape index (κ3) is 3.25. The number of amides is 1. The van der Waals surface area contributed by atoms with Gasteiger partial charge in [0.25, 0.3) is 0 Å². The first kappa shape index (κ1) is 18.2. The first-order chi connectivity index (χ1) is 13.5. The Bertz CT molecular complexity index is 1040. The van der Waals surface area contributed by atoms with Crippen LogP contribution in [0.3, 0.4) is 0 Å². The van der Waals surface area contributed by atoms with Crippen molar-refractivity contribution in [3.05, 3.63) is 82.5 Å². The molecule has 1 fully saturated rings. The van der Waals surface area contributed by atoms with E-state index in [-0.39, 0.29) is 24.7 Å². The van der Waals surface area contributed by atoms with E-state index in [1.54, 1.807) is 24.0 Å². The molecule has 1 saturated heterocycles. The smallest absolute Gasteiger partial charge is 0.351 e. The number of hydrogen-bond acceptors (Lipinski definition) is 4. The highest BCUT2D eigenvalue weighted by molar-refractivity contribution is 5.76. The number of aryl methyl sites for hydroxylation is 1. The van der Waals surface area contributed by atoms with Gasteiger partial charge in [-0.05, 0) is 31.0 Å². The summed E-state index contributed by atoms with van der Waals surface area (Å²) in [5.41, 5.74) is 0.0528. The fourth-order valence-corrected chi connectivity index (χ4v) is 3.64. The van der Waals surface area contributed by atoms with E-state index in [2.05, 4.69) is 5.10 Å². The van der Waals surface area contributed by atoms with Crippen molar-refractivity contribution in [3.63, 3.8) is 0 Å². The average Bonchev–Trinajstić information content (AvgIpc) is 3.26. The zero-order valence-electron chi connectivity index (χ0n) is 15.7. The number of β-amino-alcohol motifs (C(OH)–C–C–N with tert-alkyl or cyclic N) is 1. The lowest BCUT2D eigenvalue weighted by molar-refractivity contribution is -0.132. The molecule has 28 heavy (non-hydrogen) atoms. The molecule has 7 nitrogen and oxygen atoms in total. The van der Waals surface area contributed by atoms with Crippen LogP contribution in [0.25, 0.3) is 5.69 Å². The van der Waals surface area contributed by atoms with Crippen LogP contribution in [-0.2, 0) is 16.9 Å². The normalized spacial score (nSPS) is 19.1. The molecule has 4 rings (SSSR count). The van der Waals surface area contributed by atoms with Crippen molar-refractivity contribution >= 4 is 5.91 Å². The van der Waals surface area contributed by atoms with Crippen LogP contribution < -0.4 is 5.69 Å². The summed E-state index contributed by atoms with van der Waals surface area (Å²) in [6.07, 6.45) is 0.472. The number of carbonyl (C=O) groups is 1. The first-order valence-electron chi connectivity index (χ1n) is 9.25. The van der Waals surface area contributed by atoms with Crippen molar-refractivity contribution < 1.29 is 9.90 Å². The summed E-state index contributed by atoms with van der Waals surface area (Å²) in [5, 5.41) is 15.2. The van der Waals surface area contributed by atoms with Gasteiger partial charge in [0.15, 0.2) is 0 Å². The highest BCUT2D eigenvalue weighted by Gasteiger charge is 2.39. The molecule has 144 valence electrons. The van der Waals surface area contributed by atoms with E-state index in [4.69, 9.17) is 0 Å². The highest BCUT2D eigenvalue weighted by atomic mass is 16.3. The molecule has 2 aromatic carbocycles. The lowest BCUT2D eigenvalue weighted by Crippen LogP contribution is -2.38. The Morgan fingerprint density at radius 3 is 2.43 bits per heavy atom. The third-order valence-electron chi connectivity index (χ3n) is 5.25. The lowest BCUT2D eigenvalue weighted by atomic mass is 9.93. The Morgan fingerprint density at radius 2 is 1.75 bits per heavy atom. The number of aromatic nitrogens is 3. The standard InChI is InChI=1S/C21H22N4O3/c1-16-22-25(18-10-6-3-7-11-18)20(27)24(16)14-19(26)23-13-12-21(28,15-23)17-8-4-2-5-9-17/h2-11,28H,12-15H2,1H3/t21-/m1/s1. The van der Waals surface area contributed by atoms with Crippen LogP contribution in [0, 0.1) is 6.92 Å². The van der Waals surface area contributed by atoms with Gasteiger partial charge in [0, 0.05) is 6.54 Å². The van der Waals surface area contributed by atoms with Crippen molar-refractivity contribution in [3.8, 4) is 5.69 Å². The Hall–Kier alpha value is -3.19. The van der Waals surface area contributed by atoms with Crippen LogP contribution in [0.4, 0.5) is 0 Å². The van der Waals surface area contributed by atoms with Gasteiger partial charge in [-0.2, -0.15) is 9.78 Å². The second kappa shape index (κ2) is 7.09. The van der Waals surface area contributed by atoms with Gasteiger partial charge in [0.2, 0.25) is 5.91 Å². The molecule has 1 aliphatic rings. The highest BCUT2D eigenvalue weighted by Crippen LogP contribution is 2.31. The van der Waals surface area contributed by atoms with Crippen LogP contribution in [0.5, 0.6) is 0 Å². The van der Waals surface area contributed by atoms with Crippen LogP contribution in [0.1, 0.15) is 17.8 Å². The molecular formula is C21H22N4O3. The molecule has 1 N–H and O–H groups in total. The minimum atomic E-state index is -1.05. The Labute approximate surface area is 162 Å². The lowest BCUT2D eigenvalue weighted by Gasteiger charge is -2.24. The zero-order chi connectivity index (χ0) is 19.7. The molecular weight excluding hydrogens is 356 g/mol. The maximum atomic E-state index is 12.8.